The van der Waals surface area contributed by atoms with Crippen LogP contribution >= 0.6 is 0 Å². The number of allylic oxidation sites excluding steroid dienone is 1. The van der Waals surface area contributed by atoms with E-state index in [4.69, 9.17) is 9.47 Å². The minimum absolute atomic E-state index is 0.0370. The van der Waals surface area contributed by atoms with E-state index < -0.39 is 0 Å². The second kappa shape index (κ2) is 8.49. The Bertz CT molecular complexity index is 684. The van der Waals surface area contributed by atoms with Crippen molar-refractivity contribution in [2.24, 2.45) is 0 Å². The summed E-state index contributed by atoms with van der Waals surface area (Å²) < 4.78 is 10.9. The van der Waals surface area contributed by atoms with Gasteiger partial charge in [0, 0.05) is 6.92 Å². The molecule has 0 fully saturated rings. The molecule has 0 saturated heterocycles. The number of carbonyl (C=O) groups is 1. The molecule has 122 valence electrons. The van der Waals surface area contributed by atoms with E-state index >= 15 is 0 Å². The molecular formula is C20H24O3. The number of benzene rings is 2. The van der Waals surface area contributed by atoms with Crippen LogP contribution in [0.25, 0.3) is 10.8 Å². The SMILES string of the molecule is CC(=O)OCCOC(CC=C(C)C)c1ccc2ccccc2c1. The second-order valence-corrected chi connectivity index (χ2v) is 5.82. The fraction of sp³-hybridized carbons (Fsp3) is 0.350. The van der Waals surface area contributed by atoms with E-state index in [2.05, 4.69) is 50.3 Å². The molecule has 0 bridgehead atoms. The number of hydrogen-bond acceptors (Lipinski definition) is 3. The molecule has 0 spiro atoms. The minimum Gasteiger partial charge on any atom is -0.463 e. The average Bonchev–Trinajstić information content (AvgIpc) is 2.53. The predicted molar refractivity (Wildman–Crippen MR) is 93.3 cm³/mol. The van der Waals surface area contributed by atoms with Gasteiger partial charge in [-0.05, 0) is 42.7 Å². The summed E-state index contributed by atoms with van der Waals surface area (Å²) >= 11 is 0. The van der Waals surface area contributed by atoms with Crippen LogP contribution in [0.1, 0.15) is 38.9 Å². The summed E-state index contributed by atoms with van der Waals surface area (Å²) in [5.74, 6) is -0.278. The summed E-state index contributed by atoms with van der Waals surface area (Å²) in [4.78, 5) is 10.8. The molecule has 0 amide bonds. The molecule has 3 heteroatoms. The Morgan fingerprint density at radius 3 is 2.48 bits per heavy atom. The van der Waals surface area contributed by atoms with Gasteiger partial charge >= 0.3 is 5.97 Å². The van der Waals surface area contributed by atoms with Gasteiger partial charge in [0.15, 0.2) is 0 Å². The first-order valence-electron chi connectivity index (χ1n) is 7.93. The standard InChI is InChI=1S/C20H24O3/c1-15(2)8-11-20(23-13-12-22-16(3)21)19-10-9-17-6-4-5-7-18(17)14-19/h4-10,14,20H,11-13H2,1-3H3. The first-order chi connectivity index (χ1) is 11.1. The monoisotopic (exact) mass is 312 g/mol. The highest BCUT2D eigenvalue weighted by atomic mass is 16.6. The molecule has 0 radical (unpaired) electrons. The molecule has 1 unspecified atom stereocenters. The van der Waals surface area contributed by atoms with Crippen molar-refractivity contribution in [1.29, 1.82) is 0 Å². The van der Waals surface area contributed by atoms with Crippen molar-refractivity contribution in [2.75, 3.05) is 13.2 Å². The van der Waals surface area contributed by atoms with Crippen LogP contribution in [0, 0.1) is 0 Å². The number of fused-ring (bicyclic) bond motifs is 1. The molecule has 0 aliphatic carbocycles. The Morgan fingerprint density at radius 2 is 1.78 bits per heavy atom. The summed E-state index contributed by atoms with van der Waals surface area (Å²) in [5, 5.41) is 2.42. The number of rotatable bonds is 7. The van der Waals surface area contributed by atoms with Crippen LogP contribution in [0.4, 0.5) is 0 Å². The predicted octanol–water partition coefficient (Wildman–Crippen LogP) is 4.82. The number of esters is 1. The highest BCUT2D eigenvalue weighted by Crippen LogP contribution is 2.26. The second-order valence-electron chi connectivity index (χ2n) is 5.82. The van der Waals surface area contributed by atoms with Gasteiger partial charge in [-0.3, -0.25) is 4.79 Å². The normalized spacial score (nSPS) is 12.0. The minimum atomic E-state index is -0.278. The van der Waals surface area contributed by atoms with Gasteiger partial charge in [0.2, 0.25) is 0 Å². The van der Waals surface area contributed by atoms with Crippen LogP contribution < -0.4 is 0 Å². The maximum absolute atomic E-state index is 10.8. The average molecular weight is 312 g/mol. The fourth-order valence-corrected chi connectivity index (χ4v) is 2.43. The summed E-state index contributed by atoms with van der Waals surface area (Å²) in [7, 11) is 0. The van der Waals surface area contributed by atoms with E-state index in [1.165, 1.54) is 23.3 Å². The molecule has 0 aliphatic rings. The van der Waals surface area contributed by atoms with E-state index in [1.54, 1.807) is 0 Å². The van der Waals surface area contributed by atoms with Crippen LogP contribution in [0.2, 0.25) is 0 Å². The van der Waals surface area contributed by atoms with Crippen LogP contribution in [0.15, 0.2) is 54.1 Å². The molecule has 2 rings (SSSR count). The maximum Gasteiger partial charge on any atom is 0.302 e. The van der Waals surface area contributed by atoms with E-state index in [0.717, 1.165) is 12.0 Å². The lowest BCUT2D eigenvalue weighted by molar-refractivity contribution is -0.143. The highest BCUT2D eigenvalue weighted by Gasteiger charge is 2.12. The molecule has 0 N–H and O–H groups in total. The lowest BCUT2D eigenvalue weighted by Crippen LogP contribution is -2.11. The third-order valence-corrected chi connectivity index (χ3v) is 3.59. The largest absolute Gasteiger partial charge is 0.463 e. The molecule has 0 aromatic heterocycles. The first-order valence-corrected chi connectivity index (χ1v) is 7.93. The molecule has 2 aromatic rings. The fourth-order valence-electron chi connectivity index (χ4n) is 2.43. The van der Waals surface area contributed by atoms with Gasteiger partial charge in [-0.2, -0.15) is 0 Å². The van der Waals surface area contributed by atoms with Crippen LogP contribution in [-0.2, 0) is 14.3 Å². The van der Waals surface area contributed by atoms with Crippen molar-refractivity contribution in [3.8, 4) is 0 Å². The molecule has 3 nitrogen and oxygen atoms in total. The smallest absolute Gasteiger partial charge is 0.302 e. The van der Waals surface area contributed by atoms with Gasteiger partial charge in [-0.1, -0.05) is 48.0 Å². The first kappa shape index (κ1) is 17.2. The summed E-state index contributed by atoms with van der Waals surface area (Å²) in [6.07, 6.45) is 2.94. The van der Waals surface area contributed by atoms with Crippen molar-refractivity contribution in [1.82, 2.24) is 0 Å². The van der Waals surface area contributed by atoms with E-state index in [-0.39, 0.29) is 18.7 Å². The van der Waals surface area contributed by atoms with Gasteiger partial charge in [0.25, 0.3) is 0 Å². The number of ether oxygens (including phenoxy) is 2. The van der Waals surface area contributed by atoms with Gasteiger partial charge in [0.05, 0.1) is 12.7 Å². The highest BCUT2D eigenvalue weighted by molar-refractivity contribution is 5.83. The number of hydrogen-bond donors (Lipinski definition) is 0. The van der Waals surface area contributed by atoms with Gasteiger partial charge in [-0.15, -0.1) is 0 Å². The topological polar surface area (TPSA) is 35.5 Å². The van der Waals surface area contributed by atoms with Crippen LogP contribution in [0.3, 0.4) is 0 Å². The van der Waals surface area contributed by atoms with Crippen molar-refractivity contribution in [2.45, 2.75) is 33.3 Å². The Labute approximate surface area is 137 Å². The van der Waals surface area contributed by atoms with Crippen molar-refractivity contribution in [3.05, 3.63) is 59.7 Å². The van der Waals surface area contributed by atoms with Crippen LogP contribution in [0.5, 0.6) is 0 Å². The molecule has 2 aromatic carbocycles. The van der Waals surface area contributed by atoms with E-state index in [1.807, 2.05) is 12.1 Å². The third kappa shape index (κ3) is 5.53. The lowest BCUT2D eigenvalue weighted by atomic mass is 10.0. The van der Waals surface area contributed by atoms with Crippen molar-refractivity contribution >= 4 is 16.7 Å². The Kier molecular flexibility index (Phi) is 6.36. The zero-order chi connectivity index (χ0) is 16.7. The molecule has 23 heavy (non-hydrogen) atoms. The Hall–Kier alpha value is -2.13. The van der Waals surface area contributed by atoms with Crippen molar-refractivity contribution < 1.29 is 14.3 Å². The molecule has 0 aliphatic heterocycles. The maximum atomic E-state index is 10.8. The van der Waals surface area contributed by atoms with Gasteiger partial charge in [0.1, 0.15) is 6.61 Å². The molecule has 0 heterocycles. The summed E-state index contributed by atoms with van der Waals surface area (Å²) in [6, 6.07) is 14.7. The molecular weight excluding hydrogens is 288 g/mol. The van der Waals surface area contributed by atoms with Crippen molar-refractivity contribution in [3.63, 3.8) is 0 Å². The third-order valence-electron chi connectivity index (χ3n) is 3.59. The lowest BCUT2D eigenvalue weighted by Gasteiger charge is -2.18. The zero-order valence-corrected chi connectivity index (χ0v) is 14.0. The van der Waals surface area contributed by atoms with E-state index in [9.17, 15) is 4.79 Å². The number of carbonyl (C=O) groups excluding carboxylic acids is 1. The Balaban J connectivity index is 2.13. The van der Waals surface area contributed by atoms with E-state index in [0.29, 0.717) is 6.61 Å². The van der Waals surface area contributed by atoms with Gasteiger partial charge < -0.3 is 9.47 Å². The molecule has 1 atom stereocenters. The molecule has 0 saturated carbocycles. The quantitative estimate of drug-likeness (QED) is 0.418. The van der Waals surface area contributed by atoms with Crippen LogP contribution in [-0.4, -0.2) is 19.2 Å². The Morgan fingerprint density at radius 1 is 1.04 bits per heavy atom. The summed E-state index contributed by atoms with van der Waals surface area (Å²) in [5.41, 5.74) is 2.41. The van der Waals surface area contributed by atoms with Gasteiger partial charge in [-0.25, -0.2) is 0 Å². The zero-order valence-electron chi connectivity index (χ0n) is 14.0. The summed E-state index contributed by atoms with van der Waals surface area (Å²) in [6.45, 7) is 6.25.